The molecule has 1 aliphatic rings. The lowest BCUT2D eigenvalue weighted by Gasteiger charge is -2.29. The highest BCUT2D eigenvalue weighted by molar-refractivity contribution is 5.94. The van der Waals surface area contributed by atoms with Gasteiger partial charge in [0.1, 0.15) is 6.10 Å². The molecule has 132 valence electrons. The molecule has 0 bridgehead atoms. The lowest BCUT2D eigenvalue weighted by atomic mass is 9.93. The molecule has 1 fully saturated rings. The van der Waals surface area contributed by atoms with Gasteiger partial charge in [-0.25, -0.2) is 9.97 Å². The highest BCUT2D eigenvalue weighted by Crippen LogP contribution is 2.22. The summed E-state index contributed by atoms with van der Waals surface area (Å²) in [5.41, 5.74) is 1.88. The SMILES string of the molecule is Cc1cc(C)nc(OC2CCC(NC(=O)c3cc[nH]c(=O)c3)CC2)n1. The van der Waals surface area contributed by atoms with Crippen LogP contribution >= 0.6 is 0 Å². The minimum atomic E-state index is -0.279. The van der Waals surface area contributed by atoms with E-state index in [1.165, 1.54) is 12.3 Å². The van der Waals surface area contributed by atoms with Crippen LogP contribution in [0.2, 0.25) is 0 Å². The summed E-state index contributed by atoms with van der Waals surface area (Å²) in [5, 5.41) is 2.99. The Morgan fingerprint density at radius 2 is 1.84 bits per heavy atom. The van der Waals surface area contributed by atoms with E-state index in [1.54, 1.807) is 6.07 Å². The van der Waals surface area contributed by atoms with Crippen molar-refractivity contribution in [2.24, 2.45) is 0 Å². The van der Waals surface area contributed by atoms with E-state index in [2.05, 4.69) is 20.3 Å². The van der Waals surface area contributed by atoms with E-state index in [4.69, 9.17) is 4.74 Å². The zero-order chi connectivity index (χ0) is 17.8. The summed E-state index contributed by atoms with van der Waals surface area (Å²) in [6, 6.07) is 5.33. The molecular weight excluding hydrogens is 320 g/mol. The van der Waals surface area contributed by atoms with E-state index in [-0.39, 0.29) is 23.6 Å². The number of carbonyl (C=O) groups excluding carboxylic acids is 1. The summed E-state index contributed by atoms with van der Waals surface area (Å²) in [6.07, 6.45) is 4.85. The molecule has 1 saturated carbocycles. The molecule has 7 heteroatoms. The number of nitrogens with zero attached hydrogens (tertiary/aromatic N) is 2. The molecule has 0 aliphatic heterocycles. The summed E-state index contributed by atoms with van der Waals surface area (Å²) in [5.74, 6) is -0.215. The first kappa shape index (κ1) is 17.1. The number of ether oxygens (including phenoxy) is 1. The highest BCUT2D eigenvalue weighted by atomic mass is 16.5. The van der Waals surface area contributed by atoms with Crippen LogP contribution in [0.3, 0.4) is 0 Å². The van der Waals surface area contributed by atoms with Crippen LogP contribution in [0, 0.1) is 13.8 Å². The van der Waals surface area contributed by atoms with Crippen molar-refractivity contribution in [2.45, 2.75) is 51.7 Å². The molecule has 7 nitrogen and oxygen atoms in total. The van der Waals surface area contributed by atoms with Crippen LogP contribution in [0.1, 0.15) is 47.4 Å². The van der Waals surface area contributed by atoms with Gasteiger partial charge in [-0.1, -0.05) is 0 Å². The minimum absolute atomic E-state index is 0.0638. The van der Waals surface area contributed by atoms with Crippen molar-refractivity contribution in [2.75, 3.05) is 0 Å². The number of H-pyrrole nitrogens is 1. The second-order valence-electron chi connectivity index (χ2n) is 6.44. The molecule has 2 heterocycles. The monoisotopic (exact) mass is 342 g/mol. The van der Waals surface area contributed by atoms with E-state index in [0.29, 0.717) is 11.6 Å². The van der Waals surface area contributed by atoms with Crippen LogP contribution < -0.4 is 15.6 Å². The van der Waals surface area contributed by atoms with Crippen molar-refractivity contribution in [3.63, 3.8) is 0 Å². The lowest BCUT2D eigenvalue weighted by Crippen LogP contribution is -2.40. The van der Waals surface area contributed by atoms with E-state index < -0.39 is 0 Å². The van der Waals surface area contributed by atoms with Gasteiger partial charge in [0.05, 0.1) is 0 Å². The van der Waals surface area contributed by atoms with E-state index in [1.807, 2.05) is 19.9 Å². The molecule has 0 spiro atoms. The number of aromatic amines is 1. The first-order chi connectivity index (χ1) is 12.0. The quantitative estimate of drug-likeness (QED) is 0.884. The number of hydrogen-bond acceptors (Lipinski definition) is 5. The number of aryl methyl sites for hydroxylation is 2. The summed E-state index contributed by atoms with van der Waals surface area (Å²) in [7, 11) is 0. The standard InChI is InChI=1S/C18H22N4O3/c1-11-9-12(2)21-18(20-11)25-15-5-3-14(4-6-15)22-17(24)13-7-8-19-16(23)10-13/h7-10,14-15H,3-6H2,1-2H3,(H,19,23)(H,22,24). The number of amides is 1. The summed E-state index contributed by atoms with van der Waals surface area (Å²) in [4.78, 5) is 34.6. The minimum Gasteiger partial charge on any atom is -0.460 e. The number of nitrogens with one attached hydrogen (secondary N) is 2. The molecule has 2 N–H and O–H groups in total. The fourth-order valence-corrected chi connectivity index (χ4v) is 3.07. The Kier molecular flexibility index (Phi) is 5.11. The maximum atomic E-state index is 12.2. The predicted octanol–water partition coefficient (Wildman–Crippen LogP) is 1.90. The Bertz CT molecular complexity index is 790. The summed E-state index contributed by atoms with van der Waals surface area (Å²) >= 11 is 0. The van der Waals surface area contributed by atoms with Crippen LogP contribution in [-0.4, -0.2) is 33.0 Å². The predicted molar refractivity (Wildman–Crippen MR) is 92.7 cm³/mol. The van der Waals surface area contributed by atoms with Gasteiger partial charge in [0.2, 0.25) is 5.56 Å². The Morgan fingerprint density at radius 1 is 1.16 bits per heavy atom. The zero-order valence-corrected chi connectivity index (χ0v) is 14.4. The number of carbonyl (C=O) groups is 1. The average Bonchev–Trinajstić information content (AvgIpc) is 2.56. The topological polar surface area (TPSA) is 97.0 Å². The molecule has 0 unspecified atom stereocenters. The third kappa shape index (κ3) is 4.65. The van der Waals surface area contributed by atoms with Gasteiger partial charge >= 0.3 is 6.01 Å². The molecule has 0 atom stereocenters. The third-order valence-corrected chi connectivity index (χ3v) is 4.28. The molecule has 0 radical (unpaired) electrons. The average molecular weight is 342 g/mol. The first-order valence-corrected chi connectivity index (χ1v) is 8.48. The summed E-state index contributed by atoms with van der Waals surface area (Å²) < 4.78 is 5.89. The number of rotatable bonds is 4. The van der Waals surface area contributed by atoms with Gasteiger partial charge in [-0.15, -0.1) is 0 Å². The van der Waals surface area contributed by atoms with Gasteiger partial charge < -0.3 is 15.0 Å². The smallest absolute Gasteiger partial charge is 0.317 e. The lowest BCUT2D eigenvalue weighted by molar-refractivity contribution is 0.0884. The van der Waals surface area contributed by atoms with Crippen LogP contribution in [0.5, 0.6) is 6.01 Å². The molecule has 1 aliphatic carbocycles. The summed E-state index contributed by atoms with van der Waals surface area (Å²) in [6.45, 7) is 3.84. The molecule has 0 aromatic carbocycles. The molecule has 1 amide bonds. The van der Waals surface area contributed by atoms with Gasteiger partial charge in [0.25, 0.3) is 5.91 Å². The highest BCUT2D eigenvalue weighted by Gasteiger charge is 2.24. The van der Waals surface area contributed by atoms with Gasteiger partial charge in [-0.05, 0) is 51.7 Å². The second-order valence-corrected chi connectivity index (χ2v) is 6.44. The fraction of sp³-hybridized carbons (Fsp3) is 0.444. The second kappa shape index (κ2) is 7.46. The Morgan fingerprint density at radius 3 is 2.48 bits per heavy atom. The zero-order valence-electron chi connectivity index (χ0n) is 14.4. The van der Waals surface area contributed by atoms with Crippen LogP contribution in [0.25, 0.3) is 0 Å². The van der Waals surface area contributed by atoms with Gasteiger partial charge in [0.15, 0.2) is 0 Å². The largest absolute Gasteiger partial charge is 0.460 e. The van der Waals surface area contributed by atoms with Crippen LogP contribution in [0.4, 0.5) is 0 Å². The Labute approximate surface area is 145 Å². The Hall–Kier alpha value is -2.70. The van der Waals surface area contributed by atoms with Crippen molar-refractivity contribution >= 4 is 5.91 Å². The van der Waals surface area contributed by atoms with Crippen molar-refractivity contribution in [3.8, 4) is 6.01 Å². The van der Waals surface area contributed by atoms with Crippen LogP contribution in [0.15, 0.2) is 29.2 Å². The van der Waals surface area contributed by atoms with Gasteiger partial charge in [0, 0.05) is 35.3 Å². The maximum absolute atomic E-state index is 12.2. The Balaban J connectivity index is 1.51. The van der Waals surface area contributed by atoms with E-state index in [0.717, 1.165) is 37.1 Å². The molecule has 2 aromatic rings. The van der Waals surface area contributed by atoms with Crippen LogP contribution in [-0.2, 0) is 0 Å². The fourth-order valence-electron chi connectivity index (χ4n) is 3.07. The van der Waals surface area contributed by atoms with E-state index >= 15 is 0 Å². The molecule has 25 heavy (non-hydrogen) atoms. The molecular formula is C18H22N4O3. The van der Waals surface area contributed by atoms with E-state index in [9.17, 15) is 9.59 Å². The van der Waals surface area contributed by atoms with Crippen molar-refractivity contribution in [3.05, 3.63) is 51.7 Å². The first-order valence-electron chi connectivity index (χ1n) is 8.48. The normalized spacial score (nSPS) is 20.1. The number of pyridine rings is 1. The van der Waals surface area contributed by atoms with Crippen molar-refractivity contribution < 1.29 is 9.53 Å². The molecule has 2 aromatic heterocycles. The molecule has 0 saturated heterocycles. The maximum Gasteiger partial charge on any atom is 0.317 e. The number of hydrogen-bond donors (Lipinski definition) is 2. The van der Waals surface area contributed by atoms with Crippen molar-refractivity contribution in [1.82, 2.24) is 20.3 Å². The third-order valence-electron chi connectivity index (χ3n) is 4.28. The van der Waals surface area contributed by atoms with Crippen molar-refractivity contribution in [1.29, 1.82) is 0 Å². The number of aromatic nitrogens is 3. The molecule has 3 rings (SSSR count). The van der Waals surface area contributed by atoms with Gasteiger partial charge in [-0.3, -0.25) is 9.59 Å². The van der Waals surface area contributed by atoms with Gasteiger partial charge in [-0.2, -0.15) is 0 Å².